The third kappa shape index (κ3) is 3.20. The molecule has 0 heterocycles. The molecule has 106 valence electrons. The Hall–Kier alpha value is -1.38. The highest BCUT2D eigenvalue weighted by atomic mass is 35.5. The molecule has 0 amide bonds. The van der Waals surface area contributed by atoms with Gasteiger partial charge in [-0.3, -0.25) is 0 Å². The molecule has 0 aliphatic rings. The summed E-state index contributed by atoms with van der Waals surface area (Å²) in [5, 5.41) is 4.12. The van der Waals surface area contributed by atoms with Crippen molar-refractivity contribution in [3.8, 4) is 0 Å². The van der Waals surface area contributed by atoms with Crippen LogP contribution in [-0.2, 0) is 0 Å². The van der Waals surface area contributed by atoms with Crippen LogP contribution in [0.4, 0.5) is 4.39 Å². The van der Waals surface area contributed by atoms with Crippen LogP contribution in [0.2, 0.25) is 5.02 Å². The standard InChI is InChI=1S/C17H19ClFN/c1-3-11-20-17(14-7-4-5-10-16(14)19)13-8-6-9-15(18)12(13)2/h4-10,17,20H,3,11H2,1-2H3. The average Bonchev–Trinajstić information content (AvgIpc) is 2.45. The lowest BCUT2D eigenvalue weighted by atomic mass is 9.94. The maximum absolute atomic E-state index is 14.1. The predicted octanol–water partition coefficient (Wildman–Crippen LogP) is 4.88. The van der Waals surface area contributed by atoms with E-state index in [2.05, 4.69) is 12.2 Å². The summed E-state index contributed by atoms with van der Waals surface area (Å²) < 4.78 is 14.1. The van der Waals surface area contributed by atoms with Gasteiger partial charge in [0.15, 0.2) is 0 Å². The topological polar surface area (TPSA) is 12.0 Å². The van der Waals surface area contributed by atoms with Gasteiger partial charge in [-0.2, -0.15) is 0 Å². The first-order chi connectivity index (χ1) is 9.65. The Morgan fingerprint density at radius 3 is 2.50 bits per heavy atom. The summed E-state index contributed by atoms with van der Waals surface area (Å²) in [6.07, 6.45) is 0.991. The van der Waals surface area contributed by atoms with Gasteiger partial charge in [-0.25, -0.2) is 4.39 Å². The van der Waals surface area contributed by atoms with Crippen molar-refractivity contribution in [2.24, 2.45) is 0 Å². The lowest BCUT2D eigenvalue weighted by Gasteiger charge is -2.22. The highest BCUT2D eigenvalue weighted by molar-refractivity contribution is 6.31. The number of hydrogen-bond acceptors (Lipinski definition) is 1. The van der Waals surface area contributed by atoms with E-state index >= 15 is 0 Å². The molecule has 1 unspecified atom stereocenters. The van der Waals surface area contributed by atoms with E-state index in [0.717, 1.165) is 24.1 Å². The Balaban J connectivity index is 2.47. The van der Waals surface area contributed by atoms with E-state index < -0.39 is 0 Å². The largest absolute Gasteiger partial charge is 0.306 e. The zero-order valence-electron chi connectivity index (χ0n) is 11.8. The van der Waals surface area contributed by atoms with Gasteiger partial charge >= 0.3 is 0 Å². The van der Waals surface area contributed by atoms with Crippen LogP contribution < -0.4 is 5.32 Å². The summed E-state index contributed by atoms with van der Waals surface area (Å²) in [5.41, 5.74) is 2.67. The van der Waals surface area contributed by atoms with Crippen LogP contribution in [0.1, 0.15) is 36.1 Å². The van der Waals surface area contributed by atoms with Crippen LogP contribution in [0.15, 0.2) is 42.5 Å². The molecule has 0 aliphatic heterocycles. The zero-order valence-corrected chi connectivity index (χ0v) is 12.5. The third-order valence-corrected chi connectivity index (χ3v) is 3.84. The number of halogens is 2. The van der Waals surface area contributed by atoms with Crippen LogP contribution in [0.3, 0.4) is 0 Å². The minimum atomic E-state index is -0.194. The average molecular weight is 292 g/mol. The summed E-state index contributed by atoms with van der Waals surface area (Å²) in [6.45, 7) is 4.89. The molecule has 0 radical (unpaired) electrons. The highest BCUT2D eigenvalue weighted by Crippen LogP contribution is 2.30. The van der Waals surface area contributed by atoms with E-state index in [1.807, 2.05) is 37.3 Å². The van der Waals surface area contributed by atoms with Gasteiger partial charge in [0.2, 0.25) is 0 Å². The van der Waals surface area contributed by atoms with E-state index in [1.165, 1.54) is 6.07 Å². The van der Waals surface area contributed by atoms with E-state index in [-0.39, 0.29) is 11.9 Å². The molecule has 1 atom stereocenters. The quantitative estimate of drug-likeness (QED) is 0.828. The van der Waals surface area contributed by atoms with E-state index in [9.17, 15) is 4.39 Å². The SMILES string of the molecule is CCCNC(c1ccccc1F)c1cccc(Cl)c1C. The fourth-order valence-electron chi connectivity index (χ4n) is 2.32. The molecular formula is C17H19ClFN. The van der Waals surface area contributed by atoms with Crippen molar-refractivity contribution in [2.45, 2.75) is 26.3 Å². The molecule has 20 heavy (non-hydrogen) atoms. The van der Waals surface area contributed by atoms with E-state index in [4.69, 9.17) is 11.6 Å². The number of nitrogens with one attached hydrogen (secondary N) is 1. The second kappa shape index (κ2) is 6.87. The van der Waals surface area contributed by atoms with Crippen LogP contribution >= 0.6 is 11.6 Å². The van der Waals surface area contributed by atoms with Crippen molar-refractivity contribution in [1.29, 1.82) is 0 Å². The molecule has 0 fully saturated rings. The van der Waals surface area contributed by atoms with Gasteiger partial charge in [0.05, 0.1) is 6.04 Å². The summed E-state index contributed by atoms with van der Waals surface area (Å²) in [5.74, 6) is -0.194. The molecule has 1 nitrogen and oxygen atoms in total. The fourth-order valence-corrected chi connectivity index (χ4v) is 2.50. The molecule has 0 saturated heterocycles. The normalized spacial score (nSPS) is 12.4. The minimum Gasteiger partial charge on any atom is -0.306 e. The summed E-state index contributed by atoms with van der Waals surface area (Å²) in [4.78, 5) is 0. The van der Waals surface area contributed by atoms with Gasteiger partial charge in [0.25, 0.3) is 0 Å². The van der Waals surface area contributed by atoms with Crippen LogP contribution in [-0.4, -0.2) is 6.54 Å². The van der Waals surface area contributed by atoms with Gasteiger partial charge in [-0.05, 0) is 43.1 Å². The maximum Gasteiger partial charge on any atom is 0.128 e. The van der Waals surface area contributed by atoms with Crippen molar-refractivity contribution >= 4 is 11.6 Å². The van der Waals surface area contributed by atoms with Gasteiger partial charge in [-0.1, -0.05) is 48.9 Å². The minimum absolute atomic E-state index is 0.171. The maximum atomic E-state index is 14.1. The predicted molar refractivity (Wildman–Crippen MR) is 82.7 cm³/mol. The second-order valence-corrected chi connectivity index (χ2v) is 5.27. The second-order valence-electron chi connectivity index (χ2n) is 4.86. The lowest BCUT2D eigenvalue weighted by molar-refractivity contribution is 0.545. The van der Waals surface area contributed by atoms with Crippen LogP contribution in [0, 0.1) is 12.7 Å². The molecule has 0 aromatic heterocycles. The Morgan fingerprint density at radius 2 is 1.80 bits per heavy atom. The fraction of sp³-hybridized carbons (Fsp3) is 0.294. The Kier molecular flexibility index (Phi) is 5.16. The van der Waals surface area contributed by atoms with Crippen LogP contribution in [0.25, 0.3) is 0 Å². The molecule has 2 aromatic carbocycles. The first-order valence-electron chi connectivity index (χ1n) is 6.88. The zero-order chi connectivity index (χ0) is 14.5. The molecule has 0 bridgehead atoms. The third-order valence-electron chi connectivity index (χ3n) is 3.44. The van der Waals surface area contributed by atoms with E-state index in [0.29, 0.717) is 10.6 Å². The molecule has 0 saturated carbocycles. The number of rotatable bonds is 5. The van der Waals surface area contributed by atoms with Gasteiger partial charge in [0.1, 0.15) is 5.82 Å². The van der Waals surface area contributed by atoms with Crippen molar-refractivity contribution in [3.63, 3.8) is 0 Å². The molecule has 3 heteroatoms. The Labute approximate surface area is 124 Å². The number of hydrogen-bond donors (Lipinski definition) is 1. The van der Waals surface area contributed by atoms with Crippen molar-refractivity contribution in [1.82, 2.24) is 5.32 Å². The van der Waals surface area contributed by atoms with Crippen molar-refractivity contribution in [3.05, 3.63) is 70.0 Å². The van der Waals surface area contributed by atoms with Crippen LogP contribution in [0.5, 0.6) is 0 Å². The van der Waals surface area contributed by atoms with Crippen molar-refractivity contribution in [2.75, 3.05) is 6.54 Å². The van der Waals surface area contributed by atoms with Gasteiger partial charge in [-0.15, -0.1) is 0 Å². The van der Waals surface area contributed by atoms with E-state index in [1.54, 1.807) is 6.07 Å². The molecule has 2 rings (SSSR count). The first kappa shape index (κ1) is 15.0. The first-order valence-corrected chi connectivity index (χ1v) is 7.25. The van der Waals surface area contributed by atoms with Gasteiger partial charge < -0.3 is 5.32 Å². The Morgan fingerprint density at radius 1 is 1.10 bits per heavy atom. The number of benzene rings is 2. The highest BCUT2D eigenvalue weighted by Gasteiger charge is 2.19. The summed E-state index contributed by atoms with van der Waals surface area (Å²) in [7, 11) is 0. The molecule has 1 N–H and O–H groups in total. The molecule has 0 spiro atoms. The Bertz CT molecular complexity index is 583. The molecule has 0 aliphatic carbocycles. The monoisotopic (exact) mass is 291 g/mol. The molecule has 2 aromatic rings. The molecular weight excluding hydrogens is 273 g/mol. The van der Waals surface area contributed by atoms with Gasteiger partial charge in [0, 0.05) is 10.6 Å². The summed E-state index contributed by atoms with van der Waals surface area (Å²) in [6, 6.07) is 12.5. The lowest BCUT2D eigenvalue weighted by Crippen LogP contribution is -2.24. The van der Waals surface area contributed by atoms with Crippen molar-refractivity contribution < 1.29 is 4.39 Å². The summed E-state index contributed by atoms with van der Waals surface area (Å²) >= 11 is 6.20. The smallest absolute Gasteiger partial charge is 0.128 e.